The lowest BCUT2D eigenvalue weighted by molar-refractivity contribution is 0.824. The molecule has 1 heterocycles. The Morgan fingerprint density at radius 2 is 2.08 bits per heavy atom. The second-order valence-electron chi connectivity index (χ2n) is 1.79. The molecule has 0 unspecified atom stereocenters. The number of aromatic nitrogens is 1. The molecule has 0 aliphatic carbocycles. The van der Waals surface area contributed by atoms with Crippen LogP contribution in [0.4, 0.5) is 0 Å². The Morgan fingerprint density at radius 1 is 1.50 bits per heavy atom. The molecule has 6 heteroatoms. The Labute approximate surface area is 88.5 Å². The van der Waals surface area contributed by atoms with Crippen LogP contribution in [0.25, 0.3) is 0 Å². The van der Waals surface area contributed by atoms with E-state index in [0.29, 0.717) is 6.54 Å². The number of nitrogens with zero attached hydrogens (tertiary/aromatic N) is 1. The van der Waals surface area contributed by atoms with Gasteiger partial charge in [0.25, 0.3) is 0 Å². The lowest BCUT2D eigenvalue weighted by Crippen LogP contribution is -1.95. The van der Waals surface area contributed by atoms with Gasteiger partial charge in [0.15, 0.2) is 0 Å². The molecule has 0 fully saturated rings. The van der Waals surface area contributed by atoms with Gasteiger partial charge in [-0.05, 0) is 6.42 Å². The summed E-state index contributed by atoms with van der Waals surface area (Å²) in [5, 5.41) is 3.19. The van der Waals surface area contributed by atoms with Crippen LogP contribution in [-0.2, 0) is 13.0 Å². The van der Waals surface area contributed by atoms with Crippen LogP contribution in [0.3, 0.4) is 0 Å². The first-order valence-electron chi connectivity index (χ1n) is 3.00. The molecule has 0 bridgehead atoms. The number of nitrogens with two attached hydrogens (primary N) is 1. The summed E-state index contributed by atoms with van der Waals surface area (Å²) in [7, 11) is 0. The fourth-order valence-corrected chi connectivity index (χ4v) is 1.36. The Morgan fingerprint density at radius 3 is 2.33 bits per heavy atom. The van der Waals surface area contributed by atoms with Crippen LogP contribution in [0, 0.1) is 0 Å². The van der Waals surface area contributed by atoms with Gasteiger partial charge in [-0.1, -0.05) is 6.92 Å². The van der Waals surface area contributed by atoms with Crippen LogP contribution in [0.15, 0.2) is 5.38 Å². The summed E-state index contributed by atoms with van der Waals surface area (Å²) in [4.78, 5) is 4.24. The lowest BCUT2D eigenvalue weighted by Gasteiger charge is -1.83. The van der Waals surface area contributed by atoms with Crippen LogP contribution in [0.2, 0.25) is 0 Å². The molecule has 1 aromatic heterocycles. The van der Waals surface area contributed by atoms with Crippen molar-refractivity contribution in [3.05, 3.63) is 16.1 Å². The maximum Gasteiger partial charge on any atom is 0.0926 e. The summed E-state index contributed by atoms with van der Waals surface area (Å²) in [6, 6.07) is 0. The highest BCUT2D eigenvalue weighted by Crippen LogP contribution is 2.08. The molecule has 1 aromatic rings. The van der Waals surface area contributed by atoms with Gasteiger partial charge in [-0.15, -0.1) is 36.2 Å². The minimum atomic E-state index is 0. The first-order valence-corrected chi connectivity index (χ1v) is 3.88. The summed E-state index contributed by atoms with van der Waals surface area (Å²) >= 11 is 1.68. The molecule has 3 nitrogen and oxygen atoms in total. The largest absolute Gasteiger partial charge is 0.412 e. The van der Waals surface area contributed by atoms with Gasteiger partial charge < -0.3 is 11.2 Å². The van der Waals surface area contributed by atoms with Crippen molar-refractivity contribution in [1.29, 1.82) is 0 Å². The summed E-state index contributed by atoms with van der Waals surface area (Å²) in [6.45, 7) is 2.66. The summed E-state index contributed by atoms with van der Waals surface area (Å²) < 4.78 is 0. The van der Waals surface area contributed by atoms with E-state index in [9.17, 15) is 0 Å². The Kier molecular flexibility index (Phi) is 13.9. The van der Waals surface area contributed by atoms with Crippen LogP contribution in [0.5, 0.6) is 0 Å². The molecule has 0 aromatic carbocycles. The van der Waals surface area contributed by atoms with Crippen LogP contribution in [-0.4, -0.2) is 10.5 Å². The van der Waals surface area contributed by atoms with Gasteiger partial charge in [0.2, 0.25) is 0 Å². The van der Waals surface area contributed by atoms with Gasteiger partial charge >= 0.3 is 0 Å². The molecule has 0 spiro atoms. The molecule has 0 aliphatic heterocycles. The third-order valence-electron chi connectivity index (χ3n) is 1.11. The maximum absolute atomic E-state index is 5.36. The molecule has 0 atom stereocenters. The normalized spacial score (nSPS) is 7.50. The number of thiazole rings is 1. The van der Waals surface area contributed by atoms with Crippen LogP contribution < -0.4 is 5.73 Å². The quantitative estimate of drug-likeness (QED) is 0.833. The van der Waals surface area contributed by atoms with Crippen molar-refractivity contribution >= 4 is 36.2 Å². The molecule has 4 N–H and O–H groups in total. The molecule has 0 radical (unpaired) electrons. The van der Waals surface area contributed by atoms with E-state index in [1.165, 1.54) is 5.01 Å². The predicted molar refractivity (Wildman–Crippen MR) is 57.5 cm³/mol. The molecule has 0 saturated heterocycles. The van der Waals surface area contributed by atoms with E-state index < -0.39 is 0 Å². The van der Waals surface area contributed by atoms with E-state index in [1.54, 1.807) is 11.3 Å². The smallest absolute Gasteiger partial charge is 0.0926 e. The zero-order chi connectivity index (χ0) is 6.69. The molecule has 0 saturated carbocycles. The van der Waals surface area contributed by atoms with Gasteiger partial charge in [-0.3, -0.25) is 0 Å². The minimum absolute atomic E-state index is 0. The van der Waals surface area contributed by atoms with Gasteiger partial charge in [0.1, 0.15) is 0 Å². The number of hydrogen-bond donors (Lipinski definition) is 1. The van der Waals surface area contributed by atoms with E-state index in [1.807, 2.05) is 5.38 Å². The van der Waals surface area contributed by atoms with Gasteiger partial charge in [-0.25, -0.2) is 4.98 Å². The molecular weight excluding hydrogens is 219 g/mol. The molecule has 0 aliphatic rings. The van der Waals surface area contributed by atoms with E-state index >= 15 is 0 Å². The SMILES string of the molecule is CCc1nc(CN)cs1.Cl.Cl.O. The van der Waals surface area contributed by atoms with Crippen molar-refractivity contribution in [3.8, 4) is 0 Å². The maximum atomic E-state index is 5.36. The Balaban J connectivity index is -0.000000270. The Hall–Kier alpha value is 0.130. The third-order valence-corrected chi connectivity index (χ3v) is 2.15. The highest BCUT2D eigenvalue weighted by atomic mass is 35.5. The fourth-order valence-electron chi connectivity index (χ4n) is 0.605. The number of aryl methyl sites for hydroxylation is 1. The average molecular weight is 233 g/mol. The highest BCUT2D eigenvalue weighted by Gasteiger charge is 1.95. The summed E-state index contributed by atoms with van der Waals surface area (Å²) in [5.74, 6) is 0. The zero-order valence-corrected chi connectivity index (χ0v) is 9.19. The fraction of sp³-hybridized carbons (Fsp3) is 0.500. The summed E-state index contributed by atoms with van der Waals surface area (Å²) in [5.41, 5.74) is 6.37. The van der Waals surface area contributed by atoms with Crippen molar-refractivity contribution in [2.24, 2.45) is 5.73 Å². The summed E-state index contributed by atoms with van der Waals surface area (Å²) in [6.07, 6.45) is 1.02. The monoisotopic (exact) mass is 232 g/mol. The second-order valence-corrected chi connectivity index (χ2v) is 2.73. The van der Waals surface area contributed by atoms with Gasteiger partial charge in [-0.2, -0.15) is 0 Å². The van der Waals surface area contributed by atoms with E-state index in [2.05, 4.69) is 11.9 Å². The molecular formula is C6H14Cl2N2OS. The van der Waals surface area contributed by atoms with Crippen LogP contribution in [0.1, 0.15) is 17.6 Å². The van der Waals surface area contributed by atoms with Crippen molar-refractivity contribution < 1.29 is 5.48 Å². The Bertz CT molecular complexity index is 177. The number of hydrogen-bond acceptors (Lipinski definition) is 3. The number of halogens is 2. The molecule has 12 heavy (non-hydrogen) atoms. The van der Waals surface area contributed by atoms with Gasteiger partial charge in [0, 0.05) is 11.9 Å². The number of rotatable bonds is 2. The van der Waals surface area contributed by atoms with Crippen LogP contribution >= 0.6 is 36.2 Å². The minimum Gasteiger partial charge on any atom is -0.412 e. The van der Waals surface area contributed by atoms with Gasteiger partial charge in [0.05, 0.1) is 10.7 Å². The first-order chi connectivity index (χ1) is 4.36. The molecule has 1 rings (SSSR count). The highest BCUT2D eigenvalue weighted by molar-refractivity contribution is 7.09. The van der Waals surface area contributed by atoms with E-state index in [-0.39, 0.29) is 30.3 Å². The van der Waals surface area contributed by atoms with Crippen molar-refractivity contribution in [2.75, 3.05) is 0 Å². The zero-order valence-electron chi connectivity index (χ0n) is 6.74. The molecule has 0 amide bonds. The standard InChI is InChI=1S/C6H10N2S.2ClH.H2O/c1-2-6-8-5(3-7)4-9-6;;;/h4H,2-3,7H2,1H3;2*1H;1H2. The van der Waals surface area contributed by atoms with E-state index in [4.69, 9.17) is 5.73 Å². The van der Waals surface area contributed by atoms with Crippen molar-refractivity contribution in [1.82, 2.24) is 4.98 Å². The van der Waals surface area contributed by atoms with E-state index in [0.717, 1.165) is 12.1 Å². The predicted octanol–water partition coefficient (Wildman–Crippen LogP) is 1.18. The lowest BCUT2D eigenvalue weighted by atomic mass is 10.5. The topological polar surface area (TPSA) is 70.4 Å². The average Bonchev–Trinajstić information content (AvgIpc) is 2.34. The third kappa shape index (κ3) is 4.90. The molecule has 74 valence electrons. The van der Waals surface area contributed by atoms with Crippen molar-refractivity contribution in [2.45, 2.75) is 19.9 Å². The second kappa shape index (κ2) is 9.22. The van der Waals surface area contributed by atoms with Crippen molar-refractivity contribution in [3.63, 3.8) is 0 Å². The first kappa shape index (κ1) is 18.0.